The Kier molecular flexibility index (Phi) is 6.14. The van der Waals surface area contributed by atoms with E-state index in [2.05, 4.69) is 42.6 Å². The topological polar surface area (TPSA) is 67.8 Å². The Bertz CT molecular complexity index is 857. The van der Waals surface area contributed by atoms with Gasteiger partial charge in [-0.15, -0.1) is 0 Å². The first-order valence-electron chi connectivity index (χ1n) is 9.14. The molecule has 2 aliphatic rings. The second kappa shape index (κ2) is 8.42. The molecule has 2 N–H and O–H groups in total. The van der Waals surface area contributed by atoms with Gasteiger partial charge < -0.3 is 19.9 Å². The van der Waals surface area contributed by atoms with Crippen LogP contribution in [0.4, 0.5) is 13.2 Å². The normalized spacial score (nSPS) is 22.7. The van der Waals surface area contributed by atoms with Gasteiger partial charge in [-0.05, 0) is 24.1 Å². The molecule has 29 heavy (non-hydrogen) atoms. The lowest BCUT2D eigenvalue weighted by Gasteiger charge is -2.37. The Morgan fingerprint density at radius 1 is 1.24 bits per heavy atom. The van der Waals surface area contributed by atoms with E-state index in [-0.39, 0.29) is 5.60 Å². The molecule has 0 bridgehead atoms. The zero-order valence-electron chi connectivity index (χ0n) is 15.8. The number of alkyl halides is 3. The van der Waals surface area contributed by atoms with Crippen molar-refractivity contribution in [3.8, 4) is 5.75 Å². The van der Waals surface area contributed by atoms with E-state index in [1.165, 1.54) is 16.7 Å². The highest BCUT2D eigenvalue weighted by molar-refractivity contribution is 5.73. The predicted octanol–water partition coefficient (Wildman–Crippen LogP) is 3.87. The molecule has 0 spiro atoms. The van der Waals surface area contributed by atoms with Crippen LogP contribution in [0.1, 0.15) is 29.5 Å². The van der Waals surface area contributed by atoms with Crippen LogP contribution in [0.2, 0.25) is 0 Å². The maximum Gasteiger partial charge on any atom is 0.490 e. The van der Waals surface area contributed by atoms with Crippen molar-refractivity contribution in [1.29, 1.82) is 0 Å². The van der Waals surface area contributed by atoms with E-state index in [9.17, 15) is 13.2 Å². The molecule has 0 aliphatic carbocycles. The van der Waals surface area contributed by atoms with Crippen LogP contribution >= 0.6 is 0 Å². The highest BCUT2D eigenvalue weighted by atomic mass is 19.4. The first kappa shape index (κ1) is 21.1. The average molecular weight is 409 g/mol. The second-order valence-electron chi connectivity index (χ2n) is 7.19. The van der Waals surface area contributed by atoms with Crippen LogP contribution in [-0.2, 0) is 22.7 Å². The number of ether oxygens (including phenoxy) is 2. The summed E-state index contributed by atoms with van der Waals surface area (Å²) in [6, 6.07) is 16.7. The summed E-state index contributed by atoms with van der Waals surface area (Å²) in [6.07, 6.45) is -5.08. The number of halogens is 3. The monoisotopic (exact) mass is 409 g/mol. The molecular weight excluding hydrogens is 387 g/mol. The summed E-state index contributed by atoms with van der Waals surface area (Å²) < 4.78 is 44.0. The second-order valence-corrected chi connectivity index (χ2v) is 7.19. The molecule has 0 radical (unpaired) electrons. The highest BCUT2D eigenvalue weighted by Gasteiger charge is 2.45. The Hall–Kier alpha value is -2.58. The largest absolute Gasteiger partial charge is 0.490 e. The van der Waals surface area contributed by atoms with Gasteiger partial charge in [0.05, 0.1) is 12.2 Å². The van der Waals surface area contributed by atoms with Gasteiger partial charge in [-0.1, -0.05) is 42.5 Å². The Morgan fingerprint density at radius 3 is 2.59 bits per heavy atom. The van der Waals surface area contributed by atoms with E-state index in [1.54, 1.807) is 0 Å². The van der Waals surface area contributed by atoms with Crippen molar-refractivity contribution >= 4 is 5.97 Å². The summed E-state index contributed by atoms with van der Waals surface area (Å²) in [7, 11) is 0. The molecule has 1 saturated heterocycles. The van der Waals surface area contributed by atoms with Crippen molar-refractivity contribution in [2.45, 2.75) is 37.8 Å². The van der Waals surface area contributed by atoms with Crippen molar-refractivity contribution in [3.63, 3.8) is 0 Å². The fraction of sp³-hybridized carbons (Fsp3) is 0.381. The van der Waals surface area contributed by atoms with E-state index >= 15 is 0 Å². The summed E-state index contributed by atoms with van der Waals surface area (Å²) in [5, 5.41) is 10.6. The molecule has 2 heterocycles. The summed E-state index contributed by atoms with van der Waals surface area (Å²) in [4.78, 5) is 8.90. The lowest BCUT2D eigenvalue weighted by molar-refractivity contribution is -0.192. The molecule has 8 heteroatoms. The van der Waals surface area contributed by atoms with Crippen molar-refractivity contribution in [2.75, 3.05) is 13.1 Å². The van der Waals surface area contributed by atoms with Gasteiger partial charge in [0.15, 0.2) is 0 Å². The molecule has 2 aliphatic heterocycles. The van der Waals surface area contributed by atoms with Crippen molar-refractivity contribution in [3.05, 3.63) is 65.2 Å². The van der Waals surface area contributed by atoms with Gasteiger partial charge in [-0.25, -0.2) is 4.79 Å². The number of nitrogens with one attached hydrogen (secondary N) is 1. The summed E-state index contributed by atoms with van der Waals surface area (Å²) >= 11 is 0. The number of hydrogen-bond acceptors (Lipinski definition) is 4. The number of carboxylic acid groups (broad SMARTS) is 1. The fourth-order valence-electron chi connectivity index (χ4n) is 3.57. The first-order chi connectivity index (χ1) is 13.7. The third-order valence-corrected chi connectivity index (χ3v) is 5.13. The molecule has 2 aromatic carbocycles. The van der Waals surface area contributed by atoms with Crippen molar-refractivity contribution in [1.82, 2.24) is 5.32 Å². The zero-order valence-corrected chi connectivity index (χ0v) is 15.8. The maximum atomic E-state index is 10.6. The Morgan fingerprint density at radius 2 is 1.93 bits per heavy atom. The van der Waals surface area contributed by atoms with Gasteiger partial charge in [0.2, 0.25) is 0 Å². The van der Waals surface area contributed by atoms with Gasteiger partial charge in [-0.3, -0.25) is 0 Å². The molecule has 2 aromatic rings. The van der Waals surface area contributed by atoms with E-state index in [1.807, 2.05) is 18.2 Å². The molecule has 0 aromatic heterocycles. The molecule has 1 fully saturated rings. The van der Waals surface area contributed by atoms with Gasteiger partial charge in [-0.2, -0.15) is 13.2 Å². The van der Waals surface area contributed by atoms with E-state index in [0.29, 0.717) is 19.1 Å². The van der Waals surface area contributed by atoms with E-state index in [4.69, 9.17) is 19.4 Å². The number of aliphatic carboxylic acids is 1. The van der Waals surface area contributed by atoms with Crippen LogP contribution in [0.5, 0.6) is 5.75 Å². The number of carboxylic acids is 1. The minimum atomic E-state index is -5.08. The molecule has 0 unspecified atom stereocenters. The number of benzene rings is 2. The smallest absolute Gasteiger partial charge is 0.489 e. The summed E-state index contributed by atoms with van der Waals surface area (Å²) in [6.45, 7) is 5.34. The lowest BCUT2D eigenvalue weighted by Crippen LogP contribution is -2.39. The third kappa shape index (κ3) is 4.89. The summed E-state index contributed by atoms with van der Waals surface area (Å²) in [5.74, 6) is -1.39. The summed E-state index contributed by atoms with van der Waals surface area (Å²) in [5.41, 5.74) is 3.70. The van der Waals surface area contributed by atoms with Crippen LogP contribution in [0.25, 0.3) is 0 Å². The van der Waals surface area contributed by atoms with Crippen LogP contribution in [0.3, 0.4) is 0 Å². The molecule has 5 nitrogen and oxygen atoms in total. The third-order valence-electron chi connectivity index (χ3n) is 5.13. The number of hydrogen-bond donors (Lipinski definition) is 2. The predicted molar refractivity (Wildman–Crippen MR) is 99.7 cm³/mol. The number of rotatable bonds is 3. The zero-order chi connectivity index (χ0) is 21.1. The molecule has 2 atom stereocenters. The Labute approximate surface area is 166 Å². The number of carbonyl (C=O) groups is 1. The van der Waals surface area contributed by atoms with Gasteiger partial charge in [0, 0.05) is 24.6 Å². The van der Waals surface area contributed by atoms with Crippen LogP contribution in [0.15, 0.2) is 48.5 Å². The van der Waals surface area contributed by atoms with Crippen LogP contribution in [0, 0.1) is 0 Å². The van der Waals surface area contributed by atoms with Gasteiger partial charge in [0.1, 0.15) is 12.4 Å². The minimum absolute atomic E-state index is 0.0783. The SMILES string of the molecule is C[C@@]12CNC[C@H]1c1cccc(OCc3ccccc3)c1CO2.O=C(O)C(F)(F)F. The van der Waals surface area contributed by atoms with Gasteiger partial charge >= 0.3 is 12.1 Å². The fourth-order valence-corrected chi connectivity index (χ4v) is 3.57. The van der Waals surface area contributed by atoms with Crippen molar-refractivity contribution in [2.24, 2.45) is 0 Å². The highest BCUT2D eigenvalue weighted by Crippen LogP contribution is 2.43. The molecular formula is C21H22F3NO4. The van der Waals surface area contributed by atoms with Crippen molar-refractivity contribution < 1.29 is 32.5 Å². The quantitative estimate of drug-likeness (QED) is 0.806. The molecule has 4 rings (SSSR count). The van der Waals surface area contributed by atoms with Crippen LogP contribution in [-0.4, -0.2) is 35.9 Å². The van der Waals surface area contributed by atoms with E-state index in [0.717, 1.165) is 18.8 Å². The lowest BCUT2D eigenvalue weighted by atomic mass is 9.81. The molecule has 0 saturated carbocycles. The van der Waals surface area contributed by atoms with E-state index < -0.39 is 12.1 Å². The standard InChI is InChI=1S/C19H21NO2.C2HF3O2/c1-19-13-20-10-17(19)15-8-5-9-18(16(15)12-22-19)21-11-14-6-3-2-4-7-14;3-2(4,5)1(6)7/h2-9,17,20H,10-13H2,1H3;(H,6,7)/t17-,19+;/m0./s1. The minimum Gasteiger partial charge on any atom is -0.489 e. The average Bonchev–Trinajstić information content (AvgIpc) is 3.09. The molecule has 156 valence electrons. The van der Waals surface area contributed by atoms with Crippen LogP contribution < -0.4 is 10.1 Å². The van der Waals surface area contributed by atoms with Gasteiger partial charge in [0.25, 0.3) is 0 Å². The first-order valence-corrected chi connectivity index (χ1v) is 9.14. The number of fused-ring (bicyclic) bond motifs is 3. The Balaban J connectivity index is 0.000000298. The maximum absolute atomic E-state index is 10.6. The molecule has 0 amide bonds.